The van der Waals surface area contributed by atoms with Crippen LogP contribution in [0, 0.1) is 0 Å². The summed E-state index contributed by atoms with van der Waals surface area (Å²) in [5, 5.41) is 11.6. The van der Waals surface area contributed by atoms with E-state index in [1.807, 2.05) is 0 Å². The summed E-state index contributed by atoms with van der Waals surface area (Å²) in [6.07, 6.45) is 37.2. The molecule has 0 atom stereocenters. The van der Waals surface area contributed by atoms with Gasteiger partial charge in [-0.25, -0.2) is 0 Å². The molecule has 6 fully saturated rings. The second kappa shape index (κ2) is 30.2. The summed E-state index contributed by atoms with van der Waals surface area (Å²) in [6, 6.07) is 53.5. The summed E-state index contributed by atoms with van der Waals surface area (Å²) in [6.45, 7) is 0. The van der Waals surface area contributed by atoms with Gasteiger partial charge in [-0.05, 0) is 0 Å². The summed E-state index contributed by atoms with van der Waals surface area (Å²) in [5.41, 5.74) is 6.38. The smallest absolute Gasteiger partial charge is 0.0535 e. The first-order valence-corrected chi connectivity index (χ1v) is 30.7. The second-order valence-electron chi connectivity index (χ2n) is 21.8. The van der Waals surface area contributed by atoms with Crippen LogP contribution >= 0.6 is 0 Å². The number of rotatable bonds is 4. The summed E-state index contributed by atoms with van der Waals surface area (Å²) in [4.78, 5) is 0. The molecule has 0 saturated heterocycles. The molecule has 0 bridgehead atoms. The Kier molecular flexibility index (Phi) is 24.0. The Labute approximate surface area is 476 Å². The van der Waals surface area contributed by atoms with E-state index in [-0.39, 0.29) is 24.8 Å². The van der Waals surface area contributed by atoms with E-state index in [9.17, 15) is 0 Å². The fraction of sp³-hybridized carbons (Fsp3) is 0.441. The third-order valence-electron chi connectivity index (χ3n) is 17.0. The Bertz CT molecular complexity index is 2440. The van der Waals surface area contributed by atoms with Gasteiger partial charge in [0.05, 0.1) is 0 Å². The molecule has 0 N–H and O–H groups in total. The SMILES string of the molecule is [Cl-].[Cl-].[Zr+2]=[C]1CCCCC1.[Zr+2]=[C]1CCCCC1.c1ccc2c(C3CCCC3)c[cH-]c2c1.c1ccc2c(C3CCCC3)c[cH-]c2c1.c1ccc2c(C3CCCC3)c[cH-]c2c1.c1ccc2c(C3CCCC3)c[cH-]c2c1. The fourth-order valence-electron chi connectivity index (χ4n) is 13.0. The van der Waals surface area contributed by atoms with Crippen LogP contribution < -0.4 is 24.8 Å². The van der Waals surface area contributed by atoms with Crippen LogP contribution in [0.2, 0.25) is 0 Å². The fourth-order valence-corrected chi connectivity index (χ4v) is 14.8. The predicted molar refractivity (Wildman–Crippen MR) is 299 cm³/mol. The third-order valence-corrected chi connectivity index (χ3v) is 19.4. The first-order valence-electron chi connectivity index (χ1n) is 28.3. The van der Waals surface area contributed by atoms with Gasteiger partial charge in [-0.2, -0.15) is 22.3 Å². The molecule has 8 aromatic rings. The average Bonchev–Trinajstić information content (AvgIpc) is 4.26. The molecular formula is C68H80Cl2Zr2-2. The molecule has 72 heavy (non-hydrogen) atoms. The number of fused-ring (bicyclic) bond motifs is 4. The standard InChI is InChI=1S/4C14H15.2C6H10.2ClH.2Zr/c4*1-2-6-11(5-1)14-10-9-12-7-3-4-8-13(12)14;2*1-2-4-6-5-3-1;;;;/h4*3-4,7-11H,1-2,5-6H2;2*1-5H2;2*1H;;/q4*-1;;;;;2*+2/p-2. The molecule has 0 aliphatic heterocycles. The minimum atomic E-state index is 0. The van der Waals surface area contributed by atoms with Crippen LogP contribution in [0.1, 0.15) is 213 Å². The van der Waals surface area contributed by atoms with E-state index in [0.29, 0.717) is 0 Å². The topological polar surface area (TPSA) is 0 Å². The van der Waals surface area contributed by atoms with Crippen LogP contribution in [0.25, 0.3) is 43.1 Å². The van der Waals surface area contributed by atoms with Crippen molar-refractivity contribution in [1.82, 2.24) is 0 Å². The van der Waals surface area contributed by atoms with Gasteiger partial charge in [-0.15, -0.1) is 164 Å². The summed E-state index contributed by atoms with van der Waals surface area (Å²) < 4.78 is 3.61. The van der Waals surface area contributed by atoms with Crippen molar-refractivity contribution >= 4 is 49.5 Å². The van der Waals surface area contributed by atoms with Crippen molar-refractivity contribution in [2.75, 3.05) is 0 Å². The Hall–Kier alpha value is -2.59. The molecular weight excluding hydrogens is 1070 g/mol. The molecule has 6 aliphatic rings. The molecule has 0 nitrogen and oxygen atoms in total. The van der Waals surface area contributed by atoms with Crippen molar-refractivity contribution in [3.8, 4) is 0 Å². The third kappa shape index (κ3) is 15.7. The molecule has 6 saturated carbocycles. The summed E-state index contributed by atoms with van der Waals surface area (Å²) in [7, 11) is 0. The Morgan fingerprint density at radius 2 is 0.486 bits per heavy atom. The van der Waals surface area contributed by atoms with E-state index < -0.39 is 0 Å². The van der Waals surface area contributed by atoms with Gasteiger partial charge in [0, 0.05) is 0 Å². The zero-order chi connectivity index (χ0) is 47.7. The van der Waals surface area contributed by atoms with Gasteiger partial charge in [-0.1, -0.05) is 151 Å². The molecule has 6 aliphatic carbocycles. The van der Waals surface area contributed by atoms with Crippen LogP contribution in [0.4, 0.5) is 0 Å². The number of benzene rings is 4. The summed E-state index contributed by atoms with van der Waals surface area (Å²) in [5.74, 6) is 3.37. The van der Waals surface area contributed by atoms with Crippen LogP contribution in [-0.2, 0) is 48.5 Å². The van der Waals surface area contributed by atoms with Gasteiger partial charge in [0.15, 0.2) is 0 Å². The zero-order valence-electron chi connectivity index (χ0n) is 43.3. The zero-order valence-corrected chi connectivity index (χ0v) is 49.7. The number of halogens is 2. The second-order valence-corrected chi connectivity index (χ2v) is 25.2. The van der Waals surface area contributed by atoms with E-state index in [2.05, 4.69) is 146 Å². The van der Waals surface area contributed by atoms with Gasteiger partial charge >= 0.3 is 119 Å². The Morgan fingerprint density at radius 1 is 0.278 bits per heavy atom. The maximum absolute atomic E-state index is 2.33. The quantitative estimate of drug-likeness (QED) is 0.154. The largest absolute Gasteiger partial charge is 0.150 e. The molecule has 14 rings (SSSR count). The molecule has 0 unspecified atom stereocenters. The monoisotopic (exact) mass is 1150 g/mol. The van der Waals surface area contributed by atoms with Gasteiger partial charge in [0.1, 0.15) is 0 Å². The summed E-state index contributed by atoms with van der Waals surface area (Å²) >= 11 is 3.38. The van der Waals surface area contributed by atoms with Gasteiger partial charge in [-0.3, -0.25) is 0 Å². The predicted octanol–water partition coefficient (Wildman–Crippen LogP) is 14.2. The molecule has 0 amide bonds. The van der Waals surface area contributed by atoms with Crippen LogP contribution in [0.15, 0.2) is 146 Å². The van der Waals surface area contributed by atoms with Gasteiger partial charge in [0.2, 0.25) is 0 Å². The molecule has 8 aromatic carbocycles. The Balaban J connectivity index is 0.000000129. The number of hydrogen-bond acceptors (Lipinski definition) is 0. The Morgan fingerprint density at radius 3 is 0.681 bits per heavy atom. The van der Waals surface area contributed by atoms with Crippen LogP contribution in [0.3, 0.4) is 0 Å². The maximum Gasteiger partial charge on any atom is -0.0535 e. The first-order chi connectivity index (χ1) is 34.6. The minimum Gasteiger partial charge on any atom is -0.150 e. The van der Waals surface area contributed by atoms with Crippen molar-refractivity contribution in [3.63, 3.8) is 0 Å². The van der Waals surface area contributed by atoms with E-state index in [4.69, 9.17) is 0 Å². The minimum absolute atomic E-state index is 0. The van der Waals surface area contributed by atoms with Crippen molar-refractivity contribution in [2.24, 2.45) is 0 Å². The molecule has 0 radical (unpaired) electrons. The van der Waals surface area contributed by atoms with Crippen molar-refractivity contribution in [3.05, 3.63) is 168 Å². The van der Waals surface area contributed by atoms with Crippen molar-refractivity contribution in [1.29, 1.82) is 0 Å². The molecule has 0 heterocycles. The average molecular weight is 1150 g/mol. The van der Waals surface area contributed by atoms with Gasteiger partial charge < -0.3 is 24.8 Å². The van der Waals surface area contributed by atoms with Gasteiger partial charge in [0.25, 0.3) is 0 Å². The maximum atomic E-state index is 2.33. The normalized spacial score (nSPS) is 18.4. The van der Waals surface area contributed by atoms with Crippen LogP contribution in [0.5, 0.6) is 0 Å². The van der Waals surface area contributed by atoms with Crippen molar-refractivity contribution < 1.29 is 73.3 Å². The van der Waals surface area contributed by atoms with Crippen molar-refractivity contribution in [2.45, 2.75) is 191 Å². The van der Waals surface area contributed by atoms with E-state index in [1.54, 1.807) is 77.1 Å². The van der Waals surface area contributed by atoms with E-state index in [1.165, 1.54) is 210 Å². The molecule has 376 valence electrons. The molecule has 4 heteroatoms. The first kappa shape index (κ1) is 57.1. The van der Waals surface area contributed by atoms with Crippen LogP contribution in [-0.4, -0.2) is 6.41 Å². The molecule has 0 aromatic heterocycles. The van der Waals surface area contributed by atoms with E-state index in [0.717, 1.165) is 23.7 Å². The van der Waals surface area contributed by atoms with E-state index >= 15 is 0 Å². The number of hydrogen-bond donors (Lipinski definition) is 0. The molecule has 0 spiro atoms.